The van der Waals surface area contributed by atoms with E-state index < -0.39 is 18.4 Å². The van der Waals surface area contributed by atoms with E-state index in [0.717, 1.165) is 0 Å². The predicted molar refractivity (Wildman–Crippen MR) is 93.6 cm³/mol. The quantitative estimate of drug-likeness (QED) is 0.627. The van der Waals surface area contributed by atoms with E-state index in [0.29, 0.717) is 22.8 Å². The van der Waals surface area contributed by atoms with Gasteiger partial charge in [0.1, 0.15) is 30.0 Å². The number of ether oxygens (including phenoxy) is 4. The number of rotatable bonds is 10. The highest BCUT2D eigenvalue weighted by molar-refractivity contribution is 5.71. The minimum absolute atomic E-state index is 0.0596. The fourth-order valence-corrected chi connectivity index (χ4v) is 2.17. The number of aliphatic carboxylic acids is 1. The lowest BCUT2D eigenvalue weighted by Gasteiger charge is -2.16. The molecular weight excluding hydrogens is 340 g/mol. The summed E-state index contributed by atoms with van der Waals surface area (Å²) in [6, 6.07) is 13.5. The topological polar surface area (TPSA) is 94.5 Å². The first-order chi connectivity index (χ1) is 12.5. The fraction of sp³-hybridized carbons (Fsp3) is 0.316. The summed E-state index contributed by atoms with van der Waals surface area (Å²) in [6.07, 6.45) is -2.17. The Kier molecular flexibility index (Phi) is 7.25. The molecule has 2 rings (SSSR count). The van der Waals surface area contributed by atoms with Gasteiger partial charge in [0.2, 0.25) is 0 Å². The van der Waals surface area contributed by atoms with Crippen LogP contribution in [0.15, 0.2) is 48.5 Å². The van der Waals surface area contributed by atoms with Crippen LogP contribution in [0.3, 0.4) is 0 Å². The second-order valence-electron chi connectivity index (χ2n) is 5.32. The van der Waals surface area contributed by atoms with E-state index in [1.165, 1.54) is 0 Å². The number of carbonyl (C=O) groups is 1. The Hall–Kier alpha value is -2.77. The lowest BCUT2D eigenvalue weighted by Crippen LogP contribution is -2.30. The second-order valence-corrected chi connectivity index (χ2v) is 5.32. The zero-order valence-corrected chi connectivity index (χ0v) is 14.6. The zero-order valence-electron chi connectivity index (χ0n) is 14.6. The first-order valence-electron chi connectivity index (χ1n) is 8.09. The van der Waals surface area contributed by atoms with E-state index in [2.05, 4.69) is 0 Å². The van der Waals surface area contributed by atoms with Crippen LogP contribution in [-0.2, 0) is 9.53 Å². The Morgan fingerprint density at radius 1 is 1.08 bits per heavy atom. The fourth-order valence-electron chi connectivity index (χ4n) is 2.17. The molecule has 2 aromatic carbocycles. The first-order valence-corrected chi connectivity index (χ1v) is 8.09. The van der Waals surface area contributed by atoms with Gasteiger partial charge in [0.25, 0.3) is 6.29 Å². The van der Waals surface area contributed by atoms with E-state index in [1.54, 1.807) is 62.6 Å². The van der Waals surface area contributed by atoms with E-state index in [-0.39, 0.29) is 13.2 Å². The number of aliphatic hydroxyl groups excluding tert-OH is 1. The van der Waals surface area contributed by atoms with Gasteiger partial charge in [-0.05, 0) is 48.9 Å². The van der Waals surface area contributed by atoms with Gasteiger partial charge in [-0.15, -0.1) is 0 Å². The predicted octanol–water partition coefficient (Wildman–Crippen LogP) is 2.63. The molecule has 0 amide bonds. The Bertz CT molecular complexity index is 699. The van der Waals surface area contributed by atoms with Gasteiger partial charge >= 0.3 is 5.97 Å². The molecule has 0 saturated heterocycles. The average molecular weight is 362 g/mol. The van der Waals surface area contributed by atoms with Crippen LogP contribution in [0.1, 0.15) is 18.6 Å². The number of carboxylic acid groups (broad SMARTS) is 1. The summed E-state index contributed by atoms with van der Waals surface area (Å²) in [5.41, 5.74) is 0.685. The molecule has 0 aliphatic rings. The maximum absolute atomic E-state index is 11.0. The van der Waals surface area contributed by atoms with Crippen molar-refractivity contribution in [3.63, 3.8) is 0 Å². The van der Waals surface area contributed by atoms with Crippen molar-refractivity contribution in [2.24, 2.45) is 0 Å². The molecule has 7 nitrogen and oxygen atoms in total. The Morgan fingerprint density at radius 3 is 2.38 bits per heavy atom. The minimum atomic E-state index is -1.36. The highest BCUT2D eigenvalue weighted by Crippen LogP contribution is 2.22. The van der Waals surface area contributed by atoms with Gasteiger partial charge < -0.3 is 29.2 Å². The molecule has 0 saturated carbocycles. The molecule has 140 valence electrons. The molecular formula is C19H22O7. The monoisotopic (exact) mass is 362 g/mol. The number of aliphatic hydroxyl groups is 1. The molecule has 0 radical (unpaired) electrons. The molecule has 2 atom stereocenters. The molecule has 7 heteroatoms. The highest BCUT2D eigenvalue weighted by Gasteiger charge is 2.19. The molecule has 0 fully saturated rings. The summed E-state index contributed by atoms with van der Waals surface area (Å²) < 4.78 is 20.9. The maximum Gasteiger partial charge on any atom is 0.373 e. The summed E-state index contributed by atoms with van der Waals surface area (Å²) in [7, 11) is 1.56. The van der Waals surface area contributed by atoms with Gasteiger partial charge in [0, 0.05) is 6.61 Å². The summed E-state index contributed by atoms with van der Waals surface area (Å²) >= 11 is 0. The lowest BCUT2D eigenvalue weighted by molar-refractivity contribution is -0.170. The van der Waals surface area contributed by atoms with Crippen molar-refractivity contribution in [1.29, 1.82) is 0 Å². The molecule has 0 unspecified atom stereocenters. The van der Waals surface area contributed by atoms with Gasteiger partial charge in [0.05, 0.1) is 7.11 Å². The number of hydrogen-bond donors (Lipinski definition) is 2. The SMILES string of the molecule is CCO[C@@H](Oc1ccc(OC[C@H](O)c2cccc(OC)c2)cc1)C(=O)O. The van der Waals surface area contributed by atoms with E-state index in [4.69, 9.17) is 24.1 Å². The van der Waals surface area contributed by atoms with Crippen LogP contribution in [-0.4, -0.2) is 42.8 Å². The third-order valence-corrected chi connectivity index (χ3v) is 3.47. The standard InChI is InChI=1S/C19H22O7/c1-3-24-19(18(21)22)26-15-9-7-14(8-10-15)25-12-17(20)13-5-4-6-16(11-13)23-2/h4-11,17,19-20H,3,12H2,1-2H3,(H,21,22)/t17-,19-/m0/s1. The van der Waals surface area contributed by atoms with Crippen molar-refractivity contribution in [1.82, 2.24) is 0 Å². The van der Waals surface area contributed by atoms with Crippen molar-refractivity contribution in [2.45, 2.75) is 19.3 Å². The van der Waals surface area contributed by atoms with Crippen LogP contribution in [0.2, 0.25) is 0 Å². The zero-order chi connectivity index (χ0) is 18.9. The molecule has 0 spiro atoms. The summed E-state index contributed by atoms with van der Waals surface area (Å²) in [4.78, 5) is 11.0. The third-order valence-electron chi connectivity index (χ3n) is 3.47. The van der Waals surface area contributed by atoms with E-state index >= 15 is 0 Å². The smallest absolute Gasteiger partial charge is 0.373 e. The van der Waals surface area contributed by atoms with Crippen LogP contribution in [0.5, 0.6) is 17.2 Å². The Balaban J connectivity index is 1.91. The molecule has 0 aliphatic carbocycles. The van der Waals surface area contributed by atoms with Gasteiger partial charge in [-0.2, -0.15) is 0 Å². The number of hydrogen-bond acceptors (Lipinski definition) is 6. The summed E-state index contributed by atoms with van der Waals surface area (Å²) in [5.74, 6) is 0.313. The van der Waals surface area contributed by atoms with Gasteiger partial charge in [-0.25, -0.2) is 4.79 Å². The number of benzene rings is 2. The molecule has 2 aromatic rings. The summed E-state index contributed by atoms with van der Waals surface area (Å²) in [6.45, 7) is 1.97. The van der Waals surface area contributed by atoms with Crippen molar-refractivity contribution < 1.29 is 34.0 Å². The molecule has 0 bridgehead atoms. The molecule has 0 heterocycles. The van der Waals surface area contributed by atoms with Crippen LogP contribution in [0.4, 0.5) is 0 Å². The van der Waals surface area contributed by atoms with Crippen LogP contribution < -0.4 is 14.2 Å². The number of carboxylic acids is 1. The molecule has 0 aromatic heterocycles. The minimum Gasteiger partial charge on any atom is -0.497 e. The number of methoxy groups -OCH3 is 1. The molecule has 26 heavy (non-hydrogen) atoms. The second kappa shape index (κ2) is 9.65. The van der Waals surface area contributed by atoms with Crippen LogP contribution >= 0.6 is 0 Å². The Labute approximate surface area is 151 Å². The summed E-state index contributed by atoms with van der Waals surface area (Å²) in [5, 5.41) is 19.2. The van der Waals surface area contributed by atoms with E-state index in [9.17, 15) is 9.90 Å². The Morgan fingerprint density at radius 2 is 1.77 bits per heavy atom. The third kappa shape index (κ3) is 5.65. The molecule has 2 N–H and O–H groups in total. The van der Waals surface area contributed by atoms with Gasteiger partial charge in [0.15, 0.2) is 0 Å². The highest BCUT2D eigenvalue weighted by atomic mass is 16.7. The first kappa shape index (κ1) is 19.6. The largest absolute Gasteiger partial charge is 0.497 e. The van der Waals surface area contributed by atoms with Crippen LogP contribution in [0.25, 0.3) is 0 Å². The van der Waals surface area contributed by atoms with Gasteiger partial charge in [-0.1, -0.05) is 12.1 Å². The van der Waals surface area contributed by atoms with Crippen molar-refractivity contribution >= 4 is 5.97 Å². The van der Waals surface area contributed by atoms with Crippen LogP contribution in [0, 0.1) is 0 Å². The van der Waals surface area contributed by atoms with Crippen molar-refractivity contribution in [2.75, 3.05) is 20.3 Å². The van der Waals surface area contributed by atoms with Crippen molar-refractivity contribution in [3.05, 3.63) is 54.1 Å². The molecule has 0 aliphatic heterocycles. The lowest BCUT2D eigenvalue weighted by atomic mass is 10.1. The van der Waals surface area contributed by atoms with Crippen molar-refractivity contribution in [3.8, 4) is 17.2 Å². The normalized spacial score (nSPS) is 12.9. The van der Waals surface area contributed by atoms with Gasteiger partial charge in [-0.3, -0.25) is 0 Å². The average Bonchev–Trinajstić information content (AvgIpc) is 2.66. The maximum atomic E-state index is 11.0. The van der Waals surface area contributed by atoms with E-state index in [1.807, 2.05) is 0 Å².